The van der Waals surface area contributed by atoms with Gasteiger partial charge in [0.1, 0.15) is 12.1 Å². The van der Waals surface area contributed by atoms with Crippen molar-refractivity contribution in [1.29, 1.82) is 0 Å². The smallest absolute Gasteiger partial charge is 0.475 e. The molecular formula is C21H21F4N5O2. The molecule has 0 saturated heterocycles. The van der Waals surface area contributed by atoms with Crippen molar-refractivity contribution in [3.8, 4) is 11.3 Å². The van der Waals surface area contributed by atoms with E-state index in [-0.39, 0.29) is 5.82 Å². The molecule has 0 saturated carbocycles. The Hall–Kier alpha value is -3.34. The van der Waals surface area contributed by atoms with Crippen LogP contribution in [0.15, 0.2) is 43.0 Å². The van der Waals surface area contributed by atoms with E-state index in [1.165, 1.54) is 11.6 Å². The Kier molecular flexibility index (Phi) is 7.18. The van der Waals surface area contributed by atoms with Gasteiger partial charge >= 0.3 is 12.1 Å². The zero-order valence-corrected chi connectivity index (χ0v) is 17.2. The van der Waals surface area contributed by atoms with E-state index in [9.17, 15) is 17.6 Å². The van der Waals surface area contributed by atoms with Gasteiger partial charge in [-0.05, 0) is 18.6 Å². The number of carbonyl (C=O) groups is 1. The molecular weight excluding hydrogens is 430 g/mol. The maximum absolute atomic E-state index is 13.6. The minimum atomic E-state index is -5.08. The topological polar surface area (TPSA) is 84.1 Å². The lowest BCUT2D eigenvalue weighted by Gasteiger charge is -2.18. The highest BCUT2D eigenvalue weighted by Gasteiger charge is 2.38. The second kappa shape index (κ2) is 9.86. The molecule has 0 aliphatic carbocycles. The molecule has 0 amide bonds. The highest BCUT2D eigenvalue weighted by Crippen LogP contribution is 2.26. The lowest BCUT2D eigenvalue weighted by Crippen LogP contribution is -2.25. The standard InChI is InChI=1S/C19H20FN5.C2HF3O2/c1-24-11-14(10-23-24)12-25-7-5-17-18(6-8-25)21-13-22-19(17)15-3-2-4-16(20)9-15;3-2(4,5)1(6)7/h2-4,9-11,13H,5-8,12H2,1H3;(H,6,7). The molecule has 2 aromatic heterocycles. The van der Waals surface area contributed by atoms with Crippen LogP contribution in [0.4, 0.5) is 17.6 Å². The molecule has 0 radical (unpaired) electrons. The molecule has 3 aromatic rings. The third kappa shape index (κ3) is 6.10. The molecule has 11 heteroatoms. The summed E-state index contributed by atoms with van der Waals surface area (Å²) in [7, 11) is 1.93. The van der Waals surface area contributed by atoms with E-state index in [0.29, 0.717) is 0 Å². The van der Waals surface area contributed by atoms with Gasteiger partial charge in [-0.15, -0.1) is 0 Å². The number of nitrogens with zero attached hydrogens (tertiary/aromatic N) is 5. The predicted octanol–water partition coefficient (Wildman–Crippen LogP) is 3.25. The van der Waals surface area contributed by atoms with E-state index in [0.717, 1.165) is 55.0 Å². The van der Waals surface area contributed by atoms with Gasteiger partial charge < -0.3 is 5.11 Å². The van der Waals surface area contributed by atoms with Crippen molar-refractivity contribution in [3.05, 3.63) is 65.6 Å². The number of halogens is 4. The molecule has 0 fully saturated rings. The number of hydrogen-bond acceptors (Lipinski definition) is 5. The van der Waals surface area contributed by atoms with Crippen LogP contribution in [-0.2, 0) is 31.2 Å². The minimum absolute atomic E-state index is 0.239. The monoisotopic (exact) mass is 451 g/mol. The van der Waals surface area contributed by atoms with Gasteiger partial charge in [-0.3, -0.25) is 9.58 Å². The summed E-state index contributed by atoms with van der Waals surface area (Å²) in [6.45, 7) is 2.75. The number of aryl methyl sites for hydroxylation is 1. The van der Waals surface area contributed by atoms with Gasteiger partial charge in [0, 0.05) is 61.7 Å². The van der Waals surface area contributed by atoms with Crippen molar-refractivity contribution < 1.29 is 27.5 Å². The number of rotatable bonds is 3. The fourth-order valence-electron chi connectivity index (χ4n) is 3.43. The summed E-state index contributed by atoms with van der Waals surface area (Å²) >= 11 is 0. The molecule has 7 nitrogen and oxygen atoms in total. The van der Waals surface area contributed by atoms with E-state index in [2.05, 4.69) is 26.2 Å². The predicted molar refractivity (Wildman–Crippen MR) is 107 cm³/mol. The quantitative estimate of drug-likeness (QED) is 0.616. The van der Waals surface area contributed by atoms with Crippen LogP contribution in [-0.4, -0.2) is 55.0 Å². The molecule has 0 atom stereocenters. The van der Waals surface area contributed by atoms with E-state index in [1.54, 1.807) is 18.5 Å². The van der Waals surface area contributed by atoms with E-state index in [4.69, 9.17) is 9.90 Å². The molecule has 1 aliphatic rings. The molecule has 0 bridgehead atoms. The number of hydrogen-bond donors (Lipinski definition) is 1. The first-order chi connectivity index (χ1) is 15.1. The van der Waals surface area contributed by atoms with E-state index < -0.39 is 12.1 Å². The third-order valence-corrected chi connectivity index (χ3v) is 4.88. The van der Waals surface area contributed by atoms with Crippen LogP contribution < -0.4 is 0 Å². The van der Waals surface area contributed by atoms with Crippen LogP contribution in [0.2, 0.25) is 0 Å². The van der Waals surface area contributed by atoms with E-state index in [1.807, 2.05) is 24.0 Å². The second-order valence-corrected chi connectivity index (χ2v) is 7.26. The highest BCUT2D eigenvalue weighted by atomic mass is 19.4. The fraction of sp³-hybridized carbons (Fsp3) is 0.333. The van der Waals surface area contributed by atoms with Crippen LogP contribution >= 0.6 is 0 Å². The maximum Gasteiger partial charge on any atom is 0.490 e. The average molecular weight is 451 g/mol. The summed E-state index contributed by atoms with van der Waals surface area (Å²) in [5.74, 6) is -3.00. The molecule has 1 aliphatic heterocycles. The van der Waals surface area contributed by atoms with Crippen LogP contribution in [0.25, 0.3) is 11.3 Å². The molecule has 0 unspecified atom stereocenters. The first-order valence-corrected chi connectivity index (χ1v) is 9.72. The van der Waals surface area contributed by atoms with Crippen LogP contribution in [0.5, 0.6) is 0 Å². The van der Waals surface area contributed by atoms with Crippen molar-refractivity contribution in [1.82, 2.24) is 24.6 Å². The molecule has 1 aromatic carbocycles. The van der Waals surface area contributed by atoms with Crippen molar-refractivity contribution in [2.24, 2.45) is 7.05 Å². The SMILES string of the molecule is Cn1cc(CN2CCc3ncnc(-c4cccc(F)c4)c3CC2)cn1.O=C(O)C(F)(F)F. The summed E-state index contributed by atoms with van der Waals surface area (Å²) in [5, 5.41) is 11.4. The van der Waals surface area contributed by atoms with Crippen LogP contribution in [0.1, 0.15) is 16.8 Å². The van der Waals surface area contributed by atoms with Gasteiger partial charge in [-0.25, -0.2) is 19.2 Å². The van der Waals surface area contributed by atoms with Gasteiger partial charge in [0.05, 0.1) is 11.9 Å². The Morgan fingerprint density at radius 1 is 1.19 bits per heavy atom. The van der Waals surface area contributed by atoms with Crippen molar-refractivity contribution in [2.45, 2.75) is 25.6 Å². The van der Waals surface area contributed by atoms with Crippen molar-refractivity contribution in [2.75, 3.05) is 13.1 Å². The summed E-state index contributed by atoms with van der Waals surface area (Å²) < 4.78 is 47.2. The Bertz CT molecular complexity index is 1080. The zero-order valence-electron chi connectivity index (χ0n) is 17.2. The fourth-order valence-corrected chi connectivity index (χ4v) is 3.43. The summed E-state index contributed by atoms with van der Waals surface area (Å²) in [6, 6.07) is 6.63. The summed E-state index contributed by atoms with van der Waals surface area (Å²) in [4.78, 5) is 20.2. The Morgan fingerprint density at radius 2 is 1.91 bits per heavy atom. The zero-order chi connectivity index (χ0) is 23.3. The third-order valence-electron chi connectivity index (χ3n) is 4.88. The molecule has 3 heterocycles. The first kappa shape index (κ1) is 23.3. The molecule has 1 N–H and O–H groups in total. The van der Waals surface area contributed by atoms with Crippen molar-refractivity contribution in [3.63, 3.8) is 0 Å². The van der Waals surface area contributed by atoms with Gasteiger partial charge in [-0.2, -0.15) is 18.3 Å². The first-order valence-electron chi connectivity index (χ1n) is 9.72. The number of carboxylic acids is 1. The lowest BCUT2D eigenvalue weighted by molar-refractivity contribution is -0.192. The summed E-state index contributed by atoms with van der Waals surface area (Å²) in [5.41, 5.74) is 5.10. The highest BCUT2D eigenvalue weighted by molar-refractivity contribution is 5.73. The van der Waals surface area contributed by atoms with E-state index >= 15 is 0 Å². The normalized spacial score (nSPS) is 14.2. The minimum Gasteiger partial charge on any atom is -0.475 e. The molecule has 170 valence electrons. The number of benzene rings is 1. The Morgan fingerprint density at radius 3 is 2.53 bits per heavy atom. The molecule has 4 rings (SSSR count). The van der Waals surface area contributed by atoms with Gasteiger partial charge in [0.2, 0.25) is 0 Å². The number of alkyl halides is 3. The van der Waals surface area contributed by atoms with Gasteiger partial charge in [0.15, 0.2) is 0 Å². The largest absolute Gasteiger partial charge is 0.490 e. The Labute approximate surface area is 181 Å². The average Bonchev–Trinajstić information content (AvgIpc) is 3.02. The Balaban J connectivity index is 0.000000360. The number of fused-ring (bicyclic) bond motifs is 1. The van der Waals surface area contributed by atoms with Crippen LogP contribution in [0.3, 0.4) is 0 Å². The van der Waals surface area contributed by atoms with Gasteiger partial charge in [0.25, 0.3) is 0 Å². The van der Waals surface area contributed by atoms with Crippen LogP contribution in [0, 0.1) is 5.82 Å². The molecule has 0 spiro atoms. The number of aliphatic carboxylic acids is 1. The number of carboxylic acid groups (broad SMARTS) is 1. The van der Waals surface area contributed by atoms with Gasteiger partial charge in [-0.1, -0.05) is 12.1 Å². The lowest BCUT2D eigenvalue weighted by atomic mass is 10.0. The second-order valence-electron chi connectivity index (χ2n) is 7.26. The molecule has 32 heavy (non-hydrogen) atoms. The summed E-state index contributed by atoms with van der Waals surface area (Å²) in [6.07, 6.45) is 2.21. The van der Waals surface area contributed by atoms with Crippen molar-refractivity contribution >= 4 is 5.97 Å². The number of aromatic nitrogens is 4. The maximum atomic E-state index is 13.6.